The molecule has 1 saturated carbocycles. The molecule has 0 unspecified atom stereocenters. The molecule has 44 heavy (non-hydrogen) atoms. The molecule has 5 rings (SSSR count). The Bertz CT molecular complexity index is 1670. The van der Waals surface area contributed by atoms with Crippen molar-refractivity contribution >= 4 is 40.1 Å². The molecule has 12 heteroatoms. The maximum absolute atomic E-state index is 14.3. The minimum absolute atomic E-state index is 0. The monoisotopic (exact) mass is 626 g/mol. The molecule has 1 fully saturated rings. The van der Waals surface area contributed by atoms with Crippen molar-refractivity contribution in [3.8, 4) is 28.7 Å². The van der Waals surface area contributed by atoms with Gasteiger partial charge in [-0.05, 0) is 79.3 Å². The van der Waals surface area contributed by atoms with E-state index >= 15 is 0 Å². The summed E-state index contributed by atoms with van der Waals surface area (Å²) in [6.45, 7) is 0. The predicted octanol–water partition coefficient (Wildman–Crippen LogP) is 1.68. The first kappa shape index (κ1) is 33.3. The van der Waals surface area contributed by atoms with Gasteiger partial charge in [0.2, 0.25) is 5.75 Å². The first-order valence-corrected chi connectivity index (χ1v) is 14.4. The number of rotatable bonds is 12. The Morgan fingerprint density at radius 1 is 0.841 bits per heavy atom. The quantitative estimate of drug-likeness (QED) is 0.130. The maximum atomic E-state index is 14.3. The zero-order valence-corrected chi connectivity index (χ0v) is 28.1. The number of Topliss-reactive ketones (excluding diaryl/α,β-unsaturated/α-hetero) is 1. The molecule has 1 aliphatic carbocycles. The van der Waals surface area contributed by atoms with E-state index in [1.54, 1.807) is 42.5 Å². The summed E-state index contributed by atoms with van der Waals surface area (Å²) < 4.78 is 36.9. The van der Waals surface area contributed by atoms with Gasteiger partial charge in [0.15, 0.2) is 17.3 Å². The summed E-state index contributed by atoms with van der Waals surface area (Å²) >= 11 is 1.01. The number of carboxylic acid groups (broad SMARTS) is 1. The van der Waals surface area contributed by atoms with Gasteiger partial charge in [-0.1, -0.05) is 6.07 Å². The number of ether oxygens (including phenoxy) is 5. The normalized spacial score (nSPS) is 13.5. The number of fused-ring (bicyclic) bond motifs is 1. The van der Waals surface area contributed by atoms with Gasteiger partial charge in [-0.3, -0.25) is 4.79 Å². The SMILES string of the molecule is COc1ccc(OC)c(C(=O)C(Cc2cc(OC)c(OC3CCCC3)c(OC)c2)=C(C(=O)[O-])c2ccc3nsnc3c2)c1.[Na+]. The third kappa shape index (κ3) is 7.02. The standard InChI is InChI=1S/C32H32N2O8S.Na/c1-38-21-10-12-26(39-2)22(17-21)30(35)23(29(32(36)37)19-9-11-24-25(16-19)34-43-33-24)13-18-14-27(40-3)31(28(15-18)41-4)42-20-7-5-6-8-20;/h9-12,14-17,20H,5-8,13H2,1-4H3,(H,36,37);/q;+1/p-1. The molecular formula is C32H31N2NaO8S. The Morgan fingerprint density at radius 3 is 2.11 bits per heavy atom. The van der Waals surface area contributed by atoms with Crippen molar-refractivity contribution in [3.05, 3.63) is 70.8 Å². The van der Waals surface area contributed by atoms with Crippen molar-refractivity contribution in [2.75, 3.05) is 28.4 Å². The fourth-order valence-corrected chi connectivity index (χ4v) is 5.84. The number of aliphatic carboxylic acids is 1. The van der Waals surface area contributed by atoms with E-state index in [1.807, 2.05) is 0 Å². The third-order valence-corrected chi connectivity index (χ3v) is 8.02. The van der Waals surface area contributed by atoms with E-state index in [1.165, 1.54) is 34.5 Å². The van der Waals surface area contributed by atoms with Crippen LogP contribution in [0.15, 0.2) is 54.1 Å². The molecular weight excluding hydrogens is 595 g/mol. The van der Waals surface area contributed by atoms with Crippen LogP contribution in [0.1, 0.15) is 47.2 Å². The molecule has 0 aliphatic heterocycles. The van der Waals surface area contributed by atoms with E-state index in [9.17, 15) is 14.7 Å². The Labute approximate surface area is 281 Å². The first-order chi connectivity index (χ1) is 20.9. The largest absolute Gasteiger partial charge is 1.00 e. The number of aromatic nitrogens is 2. The molecule has 1 aromatic heterocycles. The summed E-state index contributed by atoms with van der Waals surface area (Å²) in [6, 6.07) is 13.0. The van der Waals surface area contributed by atoms with E-state index in [0.717, 1.165) is 37.4 Å². The van der Waals surface area contributed by atoms with Crippen LogP contribution in [-0.4, -0.2) is 55.0 Å². The van der Waals surface area contributed by atoms with Crippen molar-refractivity contribution in [1.29, 1.82) is 0 Å². The van der Waals surface area contributed by atoms with Crippen LogP contribution >= 0.6 is 11.7 Å². The number of carbonyl (C=O) groups is 2. The Kier molecular flexibility index (Phi) is 11.3. The average molecular weight is 627 g/mol. The number of methoxy groups -OCH3 is 4. The van der Waals surface area contributed by atoms with Crippen LogP contribution in [0.5, 0.6) is 28.7 Å². The zero-order valence-electron chi connectivity index (χ0n) is 25.3. The number of ketones is 1. The Morgan fingerprint density at radius 2 is 1.50 bits per heavy atom. The first-order valence-electron chi connectivity index (χ1n) is 13.7. The van der Waals surface area contributed by atoms with Crippen molar-refractivity contribution < 1.29 is 67.9 Å². The van der Waals surface area contributed by atoms with E-state index < -0.39 is 11.8 Å². The minimum Gasteiger partial charge on any atom is -0.545 e. The van der Waals surface area contributed by atoms with Crippen LogP contribution in [0.4, 0.5) is 0 Å². The van der Waals surface area contributed by atoms with Crippen LogP contribution in [-0.2, 0) is 11.2 Å². The van der Waals surface area contributed by atoms with Gasteiger partial charge in [-0.15, -0.1) is 0 Å². The molecule has 10 nitrogen and oxygen atoms in total. The molecule has 224 valence electrons. The molecule has 0 saturated heterocycles. The van der Waals surface area contributed by atoms with Gasteiger partial charge in [-0.2, -0.15) is 8.75 Å². The number of benzene rings is 3. The third-order valence-electron chi connectivity index (χ3n) is 7.46. The van der Waals surface area contributed by atoms with Gasteiger partial charge in [0.05, 0.1) is 57.8 Å². The molecule has 1 heterocycles. The van der Waals surface area contributed by atoms with Crippen LogP contribution in [0, 0.1) is 0 Å². The molecule has 0 radical (unpaired) electrons. The molecule has 3 aromatic carbocycles. The Balaban J connectivity index is 0.00000442. The second kappa shape index (κ2) is 14.9. The van der Waals surface area contributed by atoms with Gasteiger partial charge in [0.25, 0.3) is 0 Å². The van der Waals surface area contributed by atoms with Crippen LogP contribution in [0.3, 0.4) is 0 Å². The molecule has 0 amide bonds. The van der Waals surface area contributed by atoms with E-state index in [-0.39, 0.29) is 70.1 Å². The van der Waals surface area contributed by atoms with Crippen LogP contribution in [0.25, 0.3) is 16.6 Å². The van der Waals surface area contributed by atoms with Crippen LogP contribution in [0.2, 0.25) is 0 Å². The van der Waals surface area contributed by atoms with Crippen molar-refractivity contribution in [1.82, 2.24) is 8.75 Å². The summed E-state index contributed by atoms with van der Waals surface area (Å²) in [6.07, 6.45) is 3.99. The van der Waals surface area contributed by atoms with Gasteiger partial charge in [0, 0.05) is 17.6 Å². The fourth-order valence-electron chi connectivity index (χ4n) is 5.32. The summed E-state index contributed by atoms with van der Waals surface area (Å²) in [7, 11) is 5.95. The van der Waals surface area contributed by atoms with Gasteiger partial charge >= 0.3 is 29.6 Å². The number of hydrogen-bond acceptors (Lipinski definition) is 11. The molecule has 0 spiro atoms. The molecule has 1 aliphatic rings. The second-order valence-electron chi connectivity index (χ2n) is 10.0. The smallest absolute Gasteiger partial charge is 0.545 e. The van der Waals surface area contributed by atoms with E-state index in [2.05, 4.69) is 8.75 Å². The molecule has 4 aromatic rings. The summed E-state index contributed by atoms with van der Waals surface area (Å²) in [4.78, 5) is 27.2. The number of carbonyl (C=O) groups excluding carboxylic acids is 2. The van der Waals surface area contributed by atoms with Crippen LogP contribution < -0.4 is 58.3 Å². The predicted molar refractivity (Wildman–Crippen MR) is 159 cm³/mol. The molecule has 0 bridgehead atoms. The summed E-state index contributed by atoms with van der Waals surface area (Å²) in [5, 5.41) is 12.8. The average Bonchev–Trinajstić information content (AvgIpc) is 3.72. The van der Waals surface area contributed by atoms with Crippen molar-refractivity contribution in [3.63, 3.8) is 0 Å². The summed E-state index contributed by atoms with van der Waals surface area (Å²) in [5.41, 5.74) is 1.74. The number of allylic oxidation sites excluding steroid dienone is 1. The molecule has 0 atom stereocenters. The number of carboxylic acids is 1. The van der Waals surface area contributed by atoms with Crippen molar-refractivity contribution in [2.45, 2.75) is 38.2 Å². The number of nitrogens with zero attached hydrogens (tertiary/aromatic N) is 2. The second-order valence-corrected chi connectivity index (χ2v) is 10.6. The minimum atomic E-state index is -1.52. The topological polar surface area (TPSA) is 129 Å². The summed E-state index contributed by atoms with van der Waals surface area (Å²) in [5.74, 6) is -0.132. The van der Waals surface area contributed by atoms with Crippen molar-refractivity contribution in [2.24, 2.45) is 0 Å². The van der Waals surface area contributed by atoms with Gasteiger partial charge in [0.1, 0.15) is 22.5 Å². The number of hydrogen-bond donors (Lipinski definition) is 0. The van der Waals surface area contributed by atoms with E-state index in [0.29, 0.717) is 39.6 Å². The van der Waals surface area contributed by atoms with E-state index in [4.69, 9.17) is 23.7 Å². The Hall–Kier alpha value is -3.64. The van der Waals surface area contributed by atoms with Gasteiger partial charge in [-0.25, -0.2) is 0 Å². The maximum Gasteiger partial charge on any atom is 1.00 e. The fraction of sp³-hybridized carbons (Fsp3) is 0.312. The molecule has 0 N–H and O–H groups in total. The van der Waals surface area contributed by atoms with Gasteiger partial charge < -0.3 is 33.6 Å². The zero-order chi connectivity index (χ0) is 30.5.